The van der Waals surface area contributed by atoms with Gasteiger partial charge >= 0.3 is 0 Å². The first kappa shape index (κ1) is 16.4. The minimum atomic E-state index is 0.00387. The van der Waals surface area contributed by atoms with Gasteiger partial charge in [-0.1, -0.05) is 11.6 Å². The van der Waals surface area contributed by atoms with E-state index in [0.29, 0.717) is 22.4 Å². The maximum atomic E-state index is 12.2. The van der Waals surface area contributed by atoms with Crippen LogP contribution in [0.5, 0.6) is 11.5 Å². The number of piperazine rings is 1. The number of ether oxygens (including phenoxy) is 2. The molecule has 1 unspecified atom stereocenters. The lowest BCUT2D eigenvalue weighted by molar-refractivity contribution is -0.136. The zero-order chi connectivity index (χ0) is 16.2. The zero-order valence-corrected chi connectivity index (χ0v) is 14.1. The van der Waals surface area contributed by atoms with Gasteiger partial charge in [0, 0.05) is 31.7 Å². The van der Waals surface area contributed by atoms with Crippen molar-refractivity contribution in [1.82, 2.24) is 10.2 Å². The van der Waals surface area contributed by atoms with Crippen LogP contribution in [0.2, 0.25) is 5.02 Å². The summed E-state index contributed by atoms with van der Waals surface area (Å²) in [5.74, 6) is 1.95. The SMILES string of the molecule is CC1CNCCN1C(=O)COc1ccc(OCC2CC2)c(Cl)c1. The molecule has 1 aromatic carbocycles. The lowest BCUT2D eigenvalue weighted by Gasteiger charge is -2.33. The van der Waals surface area contributed by atoms with Gasteiger partial charge in [-0.3, -0.25) is 4.79 Å². The second kappa shape index (κ2) is 7.41. The topological polar surface area (TPSA) is 50.8 Å². The normalized spacial score (nSPS) is 21.1. The van der Waals surface area contributed by atoms with E-state index >= 15 is 0 Å². The summed E-state index contributed by atoms with van der Waals surface area (Å²) >= 11 is 6.21. The number of benzene rings is 1. The number of amides is 1. The number of carbonyl (C=O) groups excluding carboxylic acids is 1. The molecule has 1 N–H and O–H groups in total. The first-order valence-corrected chi connectivity index (χ1v) is 8.56. The van der Waals surface area contributed by atoms with E-state index in [1.807, 2.05) is 11.8 Å². The van der Waals surface area contributed by atoms with Crippen LogP contribution in [0.25, 0.3) is 0 Å². The van der Waals surface area contributed by atoms with Gasteiger partial charge in [0.05, 0.1) is 11.6 Å². The lowest BCUT2D eigenvalue weighted by atomic mass is 10.2. The van der Waals surface area contributed by atoms with Crippen LogP contribution >= 0.6 is 11.6 Å². The number of carbonyl (C=O) groups is 1. The molecule has 0 spiro atoms. The van der Waals surface area contributed by atoms with Gasteiger partial charge in [0.1, 0.15) is 11.5 Å². The summed E-state index contributed by atoms with van der Waals surface area (Å²) in [6.07, 6.45) is 2.48. The molecule has 0 radical (unpaired) electrons. The first-order valence-electron chi connectivity index (χ1n) is 8.19. The van der Waals surface area contributed by atoms with Crippen molar-refractivity contribution in [2.75, 3.05) is 32.8 Å². The number of nitrogens with zero attached hydrogens (tertiary/aromatic N) is 1. The molecule has 1 atom stereocenters. The third-order valence-electron chi connectivity index (χ3n) is 4.26. The maximum Gasteiger partial charge on any atom is 0.260 e. The molecule has 5 nitrogen and oxygen atoms in total. The molecule has 0 aromatic heterocycles. The average Bonchev–Trinajstić information content (AvgIpc) is 3.36. The standard InChI is InChI=1S/C17H23ClN2O3/c1-12-9-19-6-7-20(12)17(21)11-22-14-4-5-16(15(18)8-14)23-10-13-2-3-13/h4-5,8,12-13,19H,2-3,6-7,9-11H2,1H3. The number of hydrogen-bond donors (Lipinski definition) is 1. The van der Waals surface area contributed by atoms with Crippen LogP contribution in [0.15, 0.2) is 18.2 Å². The van der Waals surface area contributed by atoms with E-state index in [1.54, 1.807) is 18.2 Å². The molecule has 1 amide bonds. The predicted molar refractivity (Wildman–Crippen MR) is 89.2 cm³/mol. The van der Waals surface area contributed by atoms with Gasteiger partial charge in [-0.15, -0.1) is 0 Å². The summed E-state index contributed by atoms with van der Waals surface area (Å²) in [6.45, 7) is 5.16. The van der Waals surface area contributed by atoms with Gasteiger partial charge in [0.2, 0.25) is 0 Å². The van der Waals surface area contributed by atoms with Crippen molar-refractivity contribution < 1.29 is 14.3 Å². The fraction of sp³-hybridized carbons (Fsp3) is 0.588. The van der Waals surface area contributed by atoms with Crippen molar-refractivity contribution in [1.29, 1.82) is 0 Å². The van der Waals surface area contributed by atoms with Gasteiger partial charge in [-0.2, -0.15) is 0 Å². The molecule has 1 aliphatic heterocycles. The van der Waals surface area contributed by atoms with E-state index in [1.165, 1.54) is 12.8 Å². The number of nitrogens with one attached hydrogen (secondary N) is 1. The smallest absolute Gasteiger partial charge is 0.260 e. The Balaban J connectivity index is 1.51. The number of rotatable bonds is 6. The molecule has 126 valence electrons. The Bertz CT molecular complexity index is 563. The Morgan fingerprint density at radius 2 is 2.22 bits per heavy atom. The molecule has 1 saturated heterocycles. The fourth-order valence-corrected chi connectivity index (χ4v) is 2.85. The molecule has 2 aliphatic rings. The molecular weight excluding hydrogens is 316 g/mol. The quantitative estimate of drug-likeness (QED) is 0.865. The summed E-state index contributed by atoms with van der Waals surface area (Å²) in [5.41, 5.74) is 0. The van der Waals surface area contributed by atoms with Crippen molar-refractivity contribution in [3.05, 3.63) is 23.2 Å². The van der Waals surface area contributed by atoms with Crippen LogP contribution < -0.4 is 14.8 Å². The summed E-state index contributed by atoms with van der Waals surface area (Å²) in [7, 11) is 0. The molecule has 23 heavy (non-hydrogen) atoms. The van der Waals surface area contributed by atoms with Crippen molar-refractivity contribution >= 4 is 17.5 Å². The predicted octanol–water partition coefficient (Wildman–Crippen LogP) is 2.33. The number of halogens is 1. The minimum absolute atomic E-state index is 0.00387. The zero-order valence-electron chi connectivity index (χ0n) is 13.4. The van der Waals surface area contributed by atoms with Crippen LogP contribution in [0.4, 0.5) is 0 Å². The van der Waals surface area contributed by atoms with Gasteiger partial charge in [0.25, 0.3) is 5.91 Å². The van der Waals surface area contributed by atoms with Crippen molar-refractivity contribution in [3.8, 4) is 11.5 Å². The number of hydrogen-bond acceptors (Lipinski definition) is 4. The van der Waals surface area contributed by atoms with Gasteiger partial charge in [0.15, 0.2) is 6.61 Å². The molecule has 2 fully saturated rings. The van der Waals surface area contributed by atoms with E-state index < -0.39 is 0 Å². The highest BCUT2D eigenvalue weighted by Gasteiger charge is 2.24. The second-order valence-electron chi connectivity index (χ2n) is 6.28. The molecule has 1 aromatic rings. The molecule has 0 bridgehead atoms. The highest BCUT2D eigenvalue weighted by atomic mass is 35.5. The van der Waals surface area contributed by atoms with E-state index in [2.05, 4.69) is 5.32 Å². The van der Waals surface area contributed by atoms with Crippen molar-refractivity contribution in [2.24, 2.45) is 5.92 Å². The molecular formula is C17H23ClN2O3. The lowest BCUT2D eigenvalue weighted by Crippen LogP contribution is -2.53. The molecule has 3 rings (SSSR count). The Kier molecular flexibility index (Phi) is 5.28. The highest BCUT2D eigenvalue weighted by Crippen LogP contribution is 2.33. The van der Waals surface area contributed by atoms with Crippen LogP contribution in [0, 0.1) is 5.92 Å². The monoisotopic (exact) mass is 338 g/mol. The van der Waals surface area contributed by atoms with Crippen molar-refractivity contribution in [3.63, 3.8) is 0 Å². The van der Waals surface area contributed by atoms with E-state index in [-0.39, 0.29) is 18.6 Å². The third-order valence-corrected chi connectivity index (χ3v) is 4.55. The van der Waals surface area contributed by atoms with Gasteiger partial charge in [-0.05, 0) is 37.8 Å². The maximum absolute atomic E-state index is 12.2. The Morgan fingerprint density at radius 1 is 1.39 bits per heavy atom. The molecule has 1 saturated carbocycles. The summed E-state index contributed by atoms with van der Waals surface area (Å²) in [6, 6.07) is 5.50. The molecule has 6 heteroatoms. The van der Waals surface area contributed by atoms with Crippen LogP contribution in [0.1, 0.15) is 19.8 Å². The third kappa shape index (κ3) is 4.52. The van der Waals surface area contributed by atoms with E-state index in [9.17, 15) is 4.79 Å². The Hall–Kier alpha value is -1.46. The minimum Gasteiger partial charge on any atom is -0.492 e. The van der Waals surface area contributed by atoms with Crippen LogP contribution in [-0.2, 0) is 4.79 Å². The molecule has 1 heterocycles. The molecule has 1 aliphatic carbocycles. The van der Waals surface area contributed by atoms with Gasteiger partial charge in [-0.25, -0.2) is 0 Å². The highest BCUT2D eigenvalue weighted by molar-refractivity contribution is 6.32. The fourth-order valence-electron chi connectivity index (χ4n) is 2.62. The van der Waals surface area contributed by atoms with Crippen LogP contribution in [-0.4, -0.2) is 49.7 Å². The Morgan fingerprint density at radius 3 is 2.91 bits per heavy atom. The summed E-state index contributed by atoms with van der Waals surface area (Å²) in [4.78, 5) is 14.1. The summed E-state index contributed by atoms with van der Waals surface area (Å²) < 4.78 is 11.3. The van der Waals surface area contributed by atoms with Gasteiger partial charge < -0.3 is 19.7 Å². The van der Waals surface area contributed by atoms with E-state index in [4.69, 9.17) is 21.1 Å². The average molecular weight is 339 g/mol. The first-order chi connectivity index (χ1) is 11.1. The van der Waals surface area contributed by atoms with Crippen molar-refractivity contribution in [2.45, 2.75) is 25.8 Å². The van der Waals surface area contributed by atoms with Crippen LogP contribution in [0.3, 0.4) is 0 Å². The Labute approximate surface area is 141 Å². The van der Waals surface area contributed by atoms with E-state index in [0.717, 1.165) is 26.2 Å². The second-order valence-corrected chi connectivity index (χ2v) is 6.68. The summed E-state index contributed by atoms with van der Waals surface area (Å²) in [5, 5.41) is 3.78. The largest absolute Gasteiger partial charge is 0.492 e.